The van der Waals surface area contributed by atoms with Gasteiger partial charge in [-0.1, -0.05) is 43.7 Å². The largest absolute Gasteiger partial charge is 0.347 e. The third-order valence-corrected chi connectivity index (χ3v) is 5.36. The van der Waals surface area contributed by atoms with Crippen LogP contribution in [0.5, 0.6) is 0 Å². The molecular formula is C19H22N4O3S. The fourth-order valence-electron chi connectivity index (χ4n) is 3.14. The minimum absolute atomic E-state index is 0.0323. The number of amides is 1. The molecule has 2 aromatic carbocycles. The van der Waals surface area contributed by atoms with E-state index in [1.807, 2.05) is 24.3 Å². The first-order valence-corrected chi connectivity index (χ1v) is 10.1. The maximum atomic E-state index is 12.8. The number of primary sulfonamides is 1. The maximum Gasteiger partial charge on any atom is 0.270 e. The molecular weight excluding hydrogens is 364 g/mol. The second-order valence-corrected chi connectivity index (χ2v) is 7.90. The summed E-state index contributed by atoms with van der Waals surface area (Å²) in [5.41, 5.74) is 2.94. The lowest BCUT2D eigenvalue weighted by atomic mass is 10.1. The van der Waals surface area contributed by atoms with Crippen molar-refractivity contribution in [2.45, 2.75) is 31.2 Å². The molecule has 5 N–H and O–H groups in total. The number of hydrogen-bond donors (Lipinski definition) is 3. The van der Waals surface area contributed by atoms with Gasteiger partial charge in [0.05, 0.1) is 10.4 Å². The molecule has 3 rings (SSSR count). The van der Waals surface area contributed by atoms with E-state index in [4.69, 9.17) is 11.0 Å². The minimum Gasteiger partial charge on any atom is -0.347 e. The summed E-state index contributed by atoms with van der Waals surface area (Å²) in [6, 6.07) is 13.7. The van der Waals surface area contributed by atoms with Crippen molar-refractivity contribution in [3.63, 3.8) is 0 Å². The third-order valence-electron chi connectivity index (χ3n) is 4.44. The average Bonchev–Trinajstić information content (AvgIpc) is 2.92. The number of nitrogens with two attached hydrogens (primary N) is 2. The first kappa shape index (κ1) is 18.9. The fourth-order valence-corrected chi connectivity index (χ4v) is 3.66. The lowest BCUT2D eigenvalue weighted by Crippen LogP contribution is -2.28. The van der Waals surface area contributed by atoms with Crippen molar-refractivity contribution in [1.82, 2.24) is 9.99 Å². The van der Waals surface area contributed by atoms with E-state index in [1.54, 1.807) is 12.1 Å². The van der Waals surface area contributed by atoms with Gasteiger partial charge in [0.2, 0.25) is 10.0 Å². The smallest absolute Gasteiger partial charge is 0.270 e. The van der Waals surface area contributed by atoms with Crippen molar-refractivity contribution in [3.8, 4) is 0 Å². The number of para-hydroxylation sites is 1. The van der Waals surface area contributed by atoms with Gasteiger partial charge in [0.25, 0.3) is 5.91 Å². The van der Waals surface area contributed by atoms with E-state index >= 15 is 0 Å². The summed E-state index contributed by atoms with van der Waals surface area (Å²) in [6.07, 6.45) is 1.64. The van der Waals surface area contributed by atoms with Crippen LogP contribution in [0, 0.1) is 0 Å². The molecule has 27 heavy (non-hydrogen) atoms. The van der Waals surface area contributed by atoms with Crippen LogP contribution in [0.3, 0.4) is 0 Å². The standard InChI is InChI=1S/C19H22N4O3S/c1-2-5-16-15-6-3-4-7-17(15)23(20)18(16)19(24)22-12-13-8-10-14(11-9-13)27(21,25)26/h3-4,6-11H,2,5,12,20H2,1H3,(H,22,24)(H2,21,25,26). The summed E-state index contributed by atoms with van der Waals surface area (Å²) < 4.78 is 24.0. The quantitative estimate of drug-likeness (QED) is 0.560. The molecule has 142 valence electrons. The molecule has 1 heterocycles. The first-order valence-electron chi connectivity index (χ1n) is 8.60. The Hall–Kier alpha value is -2.84. The maximum absolute atomic E-state index is 12.8. The summed E-state index contributed by atoms with van der Waals surface area (Å²) in [5.74, 6) is 5.91. The van der Waals surface area contributed by atoms with Crippen LogP contribution in [0.2, 0.25) is 0 Å². The predicted molar refractivity (Wildman–Crippen MR) is 105 cm³/mol. The lowest BCUT2D eigenvalue weighted by Gasteiger charge is -2.09. The summed E-state index contributed by atoms with van der Waals surface area (Å²) in [6.45, 7) is 2.30. The monoisotopic (exact) mass is 386 g/mol. The number of rotatable bonds is 6. The number of nitrogens with one attached hydrogen (secondary N) is 1. The predicted octanol–water partition coefficient (Wildman–Crippen LogP) is 1.88. The van der Waals surface area contributed by atoms with Crippen LogP contribution in [-0.2, 0) is 23.0 Å². The molecule has 1 amide bonds. The van der Waals surface area contributed by atoms with Crippen molar-refractivity contribution in [2.75, 3.05) is 5.84 Å². The molecule has 0 unspecified atom stereocenters. The molecule has 0 aliphatic rings. The van der Waals surface area contributed by atoms with Crippen molar-refractivity contribution < 1.29 is 13.2 Å². The van der Waals surface area contributed by atoms with Crippen LogP contribution in [-0.4, -0.2) is 19.0 Å². The van der Waals surface area contributed by atoms with Gasteiger partial charge >= 0.3 is 0 Å². The molecule has 0 fully saturated rings. The van der Waals surface area contributed by atoms with Crippen LogP contribution in [0.4, 0.5) is 0 Å². The van der Waals surface area contributed by atoms with Gasteiger partial charge in [-0.15, -0.1) is 0 Å². The van der Waals surface area contributed by atoms with Gasteiger partial charge < -0.3 is 11.2 Å². The Morgan fingerprint density at radius 1 is 1.11 bits per heavy atom. The van der Waals surface area contributed by atoms with E-state index < -0.39 is 10.0 Å². The normalized spacial score (nSPS) is 11.6. The zero-order valence-corrected chi connectivity index (χ0v) is 15.8. The number of benzene rings is 2. The van der Waals surface area contributed by atoms with Crippen LogP contribution >= 0.6 is 0 Å². The fraction of sp³-hybridized carbons (Fsp3) is 0.211. The Morgan fingerprint density at radius 3 is 2.41 bits per heavy atom. The van der Waals surface area contributed by atoms with Gasteiger partial charge in [0.1, 0.15) is 5.69 Å². The molecule has 0 saturated heterocycles. The van der Waals surface area contributed by atoms with Gasteiger partial charge in [0.15, 0.2) is 0 Å². The Morgan fingerprint density at radius 2 is 1.78 bits per heavy atom. The molecule has 0 aliphatic heterocycles. The molecule has 0 spiro atoms. The summed E-state index contributed by atoms with van der Waals surface area (Å²) in [5, 5.41) is 8.92. The minimum atomic E-state index is -3.73. The van der Waals surface area contributed by atoms with Gasteiger partial charge in [0, 0.05) is 11.9 Å². The summed E-state index contributed by atoms with van der Waals surface area (Å²) in [7, 11) is -3.73. The van der Waals surface area contributed by atoms with E-state index in [0.717, 1.165) is 34.9 Å². The zero-order valence-electron chi connectivity index (χ0n) is 15.0. The van der Waals surface area contributed by atoms with Gasteiger partial charge in [-0.2, -0.15) is 0 Å². The van der Waals surface area contributed by atoms with Crippen LogP contribution < -0.4 is 16.3 Å². The van der Waals surface area contributed by atoms with Gasteiger partial charge in [-0.25, -0.2) is 13.6 Å². The number of aromatic nitrogens is 1. The van der Waals surface area contributed by atoms with E-state index in [2.05, 4.69) is 12.2 Å². The van der Waals surface area contributed by atoms with Gasteiger partial charge in [-0.05, 0) is 35.7 Å². The van der Waals surface area contributed by atoms with E-state index in [-0.39, 0.29) is 17.3 Å². The van der Waals surface area contributed by atoms with Gasteiger partial charge in [-0.3, -0.25) is 9.47 Å². The highest BCUT2D eigenvalue weighted by atomic mass is 32.2. The highest BCUT2D eigenvalue weighted by molar-refractivity contribution is 7.89. The number of carbonyl (C=O) groups excluding carboxylic acids is 1. The molecule has 0 bridgehead atoms. The summed E-state index contributed by atoms with van der Waals surface area (Å²) in [4.78, 5) is 12.8. The van der Waals surface area contributed by atoms with Crippen molar-refractivity contribution in [2.24, 2.45) is 5.14 Å². The van der Waals surface area contributed by atoms with Crippen molar-refractivity contribution in [1.29, 1.82) is 0 Å². The van der Waals surface area contributed by atoms with Crippen LogP contribution in [0.15, 0.2) is 53.4 Å². The second kappa shape index (κ2) is 7.42. The number of fused-ring (bicyclic) bond motifs is 1. The number of sulfonamides is 1. The molecule has 0 atom stereocenters. The Balaban J connectivity index is 1.84. The molecule has 7 nitrogen and oxygen atoms in total. The van der Waals surface area contributed by atoms with E-state index in [9.17, 15) is 13.2 Å². The third kappa shape index (κ3) is 3.81. The van der Waals surface area contributed by atoms with Crippen molar-refractivity contribution in [3.05, 3.63) is 65.4 Å². The number of aryl methyl sites for hydroxylation is 1. The molecule has 0 radical (unpaired) electrons. The molecule has 0 aliphatic carbocycles. The highest BCUT2D eigenvalue weighted by Crippen LogP contribution is 2.25. The number of carbonyl (C=O) groups is 1. The Kier molecular flexibility index (Phi) is 5.20. The molecule has 0 saturated carbocycles. The zero-order chi connectivity index (χ0) is 19.6. The topological polar surface area (TPSA) is 120 Å². The molecule has 3 aromatic rings. The van der Waals surface area contributed by atoms with E-state index in [0.29, 0.717) is 5.69 Å². The lowest BCUT2D eigenvalue weighted by molar-refractivity contribution is 0.0943. The van der Waals surface area contributed by atoms with E-state index in [1.165, 1.54) is 16.8 Å². The first-order chi connectivity index (χ1) is 12.8. The van der Waals surface area contributed by atoms with Crippen LogP contribution in [0.25, 0.3) is 10.9 Å². The highest BCUT2D eigenvalue weighted by Gasteiger charge is 2.20. The molecule has 1 aromatic heterocycles. The van der Waals surface area contributed by atoms with Crippen LogP contribution in [0.1, 0.15) is 35.0 Å². The number of nitrogen functional groups attached to an aromatic ring is 1. The number of nitrogens with zero attached hydrogens (tertiary/aromatic N) is 1. The SMILES string of the molecule is CCCc1c(C(=O)NCc2ccc(S(N)(=O)=O)cc2)n(N)c2ccccc12. The second-order valence-electron chi connectivity index (χ2n) is 6.34. The Bertz CT molecular complexity index is 1090. The summed E-state index contributed by atoms with van der Waals surface area (Å²) >= 11 is 0. The van der Waals surface area contributed by atoms with Crippen molar-refractivity contribution >= 4 is 26.8 Å². The Labute approximate surface area is 158 Å². The molecule has 8 heteroatoms. The average molecular weight is 386 g/mol. The number of hydrogen-bond acceptors (Lipinski definition) is 4.